The summed E-state index contributed by atoms with van der Waals surface area (Å²) in [6.45, 7) is 4.72. The van der Waals surface area contributed by atoms with Crippen molar-refractivity contribution in [1.82, 2.24) is 10.2 Å². The molecular weight excluding hydrogens is 579 g/mol. The summed E-state index contributed by atoms with van der Waals surface area (Å²) in [5.41, 5.74) is -0.0391. The monoisotopic (exact) mass is 609 g/mol. The third-order valence-electron chi connectivity index (χ3n) is 6.33. The molecule has 3 aromatic carbocycles. The summed E-state index contributed by atoms with van der Waals surface area (Å²) in [7, 11) is -4.53. The van der Waals surface area contributed by atoms with E-state index in [9.17, 15) is 31.2 Å². The summed E-state index contributed by atoms with van der Waals surface area (Å²) in [5, 5.41) is 2.08. The molecule has 1 N–H and O–H groups in total. The van der Waals surface area contributed by atoms with Crippen molar-refractivity contribution in [1.29, 1.82) is 0 Å². The van der Waals surface area contributed by atoms with Crippen molar-refractivity contribution in [3.05, 3.63) is 94.5 Å². The fourth-order valence-corrected chi connectivity index (χ4v) is 6.00. The number of nitrogens with zero attached hydrogens (tertiary/aromatic N) is 2. The number of alkyl halides is 3. The number of anilines is 1. The number of likely N-dealkylation sites (N-methyl/N-ethyl adjacent to an activating group) is 1. The van der Waals surface area contributed by atoms with Gasteiger partial charge in [0, 0.05) is 13.1 Å². The van der Waals surface area contributed by atoms with E-state index in [2.05, 4.69) is 5.32 Å². The third kappa shape index (κ3) is 7.80. The molecule has 0 aliphatic rings. The highest BCUT2D eigenvalue weighted by Gasteiger charge is 2.37. The summed E-state index contributed by atoms with van der Waals surface area (Å²) in [4.78, 5) is 27.9. The third-order valence-corrected chi connectivity index (χ3v) is 8.44. The number of sulfonamides is 1. The van der Waals surface area contributed by atoms with Gasteiger partial charge in [-0.25, -0.2) is 8.42 Å². The van der Waals surface area contributed by atoms with Crippen LogP contribution in [0.2, 0.25) is 5.02 Å². The van der Waals surface area contributed by atoms with Gasteiger partial charge >= 0.3 is 6.18 Å². The van der Waals surface area contributed by atoms with Gasteiger partial charge in [-0.05, 0) is 56.2 Å². The quantitative estimate of drug-likeness (QED) is 0.297. The number of carbonyl (C=O) groups excluding carboxylic acids is 2. The number of amides is 2. The SMILES string of the molecule is CCNC(=O)[C@@H](CC)N(Cc1cccc(C)c1)C(=O)CN(c1ccc(Cl)c(C(F)(F)F)c1)S(=O)(=O)c1ccccc1. The molecule has 0 saturated carbocycles. The number of hydrogen-bond donors (Lipinski definition) is 1. The maximum atomic E-state index is 13.9. The average molecular weight is 610 g/mol. The smallest absolute Gasteiger partial charge is 0.355 e. The Bertz CT molecular complexity index is 1480. The Hall–Kier alpha value is -3.57. The number of rotatable bonds is 11. The zero-order chi connectivity index (χ0) is 30.4. The highest BCUT2D eigenvalue weighted by Crippen LogP contribution is 2.38. The molecule has 0 fully saturated rings. The zero-order valence-electron chi connectivity index (χ0n) is 22.8. The van der Waals surface area contributed by atoms with Crippen LogP contribution in [0.3, 0.4) is 0 Å². The Labute approximate surface area is 243 Å². The average Bonchev–Trinajstić information content (AvgIpc) is 2.92. The van der Waals surface area contributed by atoms with E-state index in [0.29, 0.717) is 22.5 Å². The first-order valence-corrected chi connectivity index (χ1v) is 14.7. The van der Waals surface area contributed by atoms with Crippen molar-refractivity contribution >= 4 is 39.1 Å². The Balaban J connectivity index is 2.14. The van der Waals surface area contributed by atoms with Crippen LogP contribution in [0.15, 0.2) is 77.7 Å². The van der Waals surface area contributed by atoms with E-state index in [1.54, 1.807) is 32.0 Å². The Morgan fingerprint density at radius 2 is 1.66 bits per heavy atom. The molecule has 7 nitrogen and oxygen atoms in total. The molecule has 3 rings (SSSR count). The highest BCUT2D eigenvalue weighted by molar-refractivity contribution is 7.92. The molecule has 0 radical (unpaired) electrons. The second kappa shape index (κ2) is 13.4. The molecule has 220 valence electrons. The molecule has 12 heteroatoms. The molecule has 2 amide bonds. The summed E-state index contributed by atoms with van der Waals surface area (Å²) in [6.07, 6.45) is -4.66. The van der Waals surface area contributed by atoms with Crippen molar-refractivity contribution in [3.8, 4) is 0 Å². The van der Waals surface area contributed by atoms with Crippen LogP contribution in [0.25, 0.3) is 0 Å². The van der Waals surface area contributed by atoms with E-state index in [4.69, 9.17) is 11.6 Å². The van der Waals surface area contributed by atoms with E-state index >= 15 is 0 Å². The van der Waals surface area contributed by atoms with Gasteiger partial charge in [-0.1, -0.05) is 66.6 Å². The maximum absolute atomic E-state index is 13.9. The normalized spacial score (nSPS) is 12.5. The molecule has 3 aromatic rings. The number of benzene rings is 3. The molecule has 0 bridgehead atoms. The minimum atomic E-state index is -4.87. The van der Waals surface area contributed by atoms with Gasteiger partial charge in [0.15, 0.2) is 0 Å². The maximum Gasteiger partial charge on any atom is 0.417 e. The fraction of sp³-hybridized carbons (Fsp3) is 0.310. The fourth-order valence-electron chi connectivity index (χ4n) is 4.35. The summed E-state index contributed by atoms with van der Waals surface area (Å²) in [6, 6.07) is 16.0. The van der Waals surface area contributed by atoms with E-state index in [0.717, 1.165) is 17.7 Å². The molecule has 1 atom stereocenters. The number of carbonyl (C=O) groups is 2. The lowest BCUT2D eigenvalue weighted by Gasteiger charge is -2.33. The van der Waals surface area contributed by atoms with Crippen molar-refractivity contribution in [2.45, 2.75) is 50.9 Å². The lowest BCUT2D eigenvalue weighted by Crippen LogP contribution is -2.52. The van der Waals surface area contributed by atoms with Gasteiger partial charge in [-0.15, -0.1) is 0 Å². The van der Waals surface area contributed by atoms with Crippen LogP contribution in [-0.4, -0.2) is 44.3 Å². The Morgan fingerprint density at radius 3 is 2.24 bits per heavy atom. The standard InChI is InChI=1S/C29H31ClF3N3O4S/c1-4-26(28(38)34-5-2)35(18-21-11-9-10-20(3)16-21)27(37)19-36(41(39,40)23-12-7-6-8-13-23)22-14-15-25(30)24(17-22)29(31,32)33/h6-17,26H,4-5,18-19H2,1-3H3,(H,34,38)/t26-/m1/s1. The van der Waals surface area contributed by atoms with Crippen LogP contribution in [-0.2, 0) is 32.3 Å². The molecule has 41 heavy (non-hydrogen) atoms. The van der Waals surface area contributed by atoms with Gasteiger partial charge in [0.25, 0.3) is 10.0 Å². The molecule has 0 aliphatic carbocycles. The van der Waals surface area contributed by atoms with Crippen molar-refractivity contribution in [2.24, 2.45) is 0 Å². The van der Waals surface area contributed by atoms with E-state index in [1.807, 2.05) is 19.1 Å². The number of hydrogen-bond acceptors (Lipinski definition) is 4. The molecule has 0 heterocycles. The van der Waals surface area contributed by atoms with Gasteiger partial charge in [-0.2, -0.15) is 13.2 Å². The number of nitrogens with one attached hydrogen (secondary N) is 1. The predicted molar refractivity (Wildman–Crippen MR) is 152 cm³/mol. The second-order valence-electron chi connectivity index (χ2n) is 9.32. The van der Waals surface area contributed by atoms with Crippen LogP contribution in [0.5, 0.6) is 0 Å². The summed E-state index contributed by atoms with van der Waals surface area (Å²) >= 11 is 5.79. The van der Waals surface area contributed by atoms with E-state index < -0.39 is 56.9 Å². The summed E-state index contributed by atoms with van der Waals surface area (Å²) in [5.74, 6) is -1.20. The lowest BCUT2D eigenvalue weighted by atomic mass is 10.1. The van der Waals surface area contributed by atoms with E-state index in [-0.39, 0.29) is 17.9 Å². The van der Waals surface area contributed by atoms with Gasteiger partial charge in [0.05, 0.1) is 21.2 Å². The van der Waals surface area contributed by atoms with Gasteiger partial charge in [0.2, 0.25) is 11.8 Å². The van der Waals surface area contributed by atoms with Crippen LogP contribution >= 0.6 is 11.6 Å². The minimum Gasteiger partial charge on any atom is -0.355 e. The topological polar surface area (TPSA) is 86.8 Å². The first kappa shape index (κ1) is 32.0. The highest BCUT2D eigenvalue weighted by atomic mass is 35.5. The minimum absolute atomic E-state index is 0.0240. The largest absolute Gasteiger partial charge is 0.417 e. The Morgan fingerprint density at radius 1 is 0.976 bits per heavy atom. The molecule has 0 spiro atoms. The van der Waals surface area contributed by atoms with Crippen LogP contribution in [0, 0.1) is 6.92 Å². The van der Waals surface area contributed by atoms with Gasteiger partial charge in [0.1, 0.15) is 12.6 Å². The second-order valence-corrected chi connectivity index (χ2v) is 11.6. The van der Waals surface area contributed by atoms with E-state index in [1.165, 1.54) is 29.2 Å². The first-order valence-electron chi connectivity index (χ1n) is 12.9. The number of halogens is 4. The van der Waals surface area contributed by atoms with Crippen molar-refractivity contribution in [3.63, 3.8) is 0 Å². The Kier molecular flexibility index (Phi) is 10.4. The van der Waals surface area contributed by atoms with Crippen molar-refractivity contribution in [2.75, 3.05) is 17.4 Å². The lowest BCUT2D eigenvalue weighted by molar-refractivity contribution is -0.140. The van der Waals surface area contributed by atoms with Crippen LogP contribution < -0.4 is 9.62 Å². The van der Waals surface area contributed by atoms with Crippen molar-refractivity contribution < 1.29 is 31.2 Å². The zero-order valence-corrected chi connectivity index (χ0v) is 24.4. The first-order chi connectivity index (χ1) is 19.3. The molecule has 0 saturated heterocycles. The molecule has 0 aliphatic heterocycles. The number of aryl methyl sites for hydroxylation is 1. The van der Waals surface area contributed by atoms with Gasteiger partial charge in [-0.3, -0.25) is 13.9 Å². The van der Waals surface area contributed by atoms with Gasteiger partial charge < -0.3 is 10.2 Å². The van der Waals surface area contributed by atoms with Crippen LogP contribution in [0.4, 0.5) is 18.9 Å². The summed E-state index contributed by atoms with van der Waals surface area (Å²) < 4.78 is 69.3. The molecule has 0 unspecified atom stereocenters. The van der Waals surface area contributed by atoms with Crippen LogP contribution in [0.1, 0.15) is 37.0 Å². The molecular formula is C29H31ClF3N3O4S. The molecule has 0 aromatic heterocycles. The predicted octanol–water partition coefficient (Wildman–Crippen LogP) is 5.81.